The second-order valence-corrected chi connectivity index (χ2v) is 3.81. The van der Waals surface area contributed by atoms with E-state index in [1.807, 2.05) is 0 Å². The molecule has 1 aromatic rings. The molecule has 1 heterocycles. The van der Waals surface area contributed by atoms with Gasteiger partial charge in [0.05, 0.1) is 12.1 Å². The van der Waals surface area contributed by atoms with Crippen LogP contribution in [0.4, 0.5) is 10.3 Å². The molecule has 1 aromatic heterocycles. The highest BCUT2D eigenvalue weighted by Gasteiger charge is 2.44. The molecule has 2 rings (SSSR count). The van der Waals surface area contributed by atoms with Crippen LogP contribution in [0.3, 0.4) is 0 Å². The quantitative estimate of drug-likeness (QED) is 0.775. The first-order valence-electron chi connectivity index (χ1n) is 5.30. The maximum Gasteiger partial charge on any atom is 0.240 e. The molecule has 6 nitrogen and oxygen atoms in total. The van der Waals surface area contributed by atoms with E-state index in [0.29, 0.717) is 0 Å². The molecule has 1 aliphatic carbocycles. The van der Waals surface area contributed by atoms with Gasteiger partial charge in [0, 0.05) is 7.05 Å². The summed E-state index contributed by atoms with van der Waals surface area (Å²) in [4.78, 5) is 15.4. The van der Waals surface area contributed by atoms with Crippen molar-refractivity contribution < 1.29 is 9.18 Å². The summed E-state index contributed by atoms with van der Waals surface area (Å²) in [6, 6.07) is 0. The van der Waals surface area contributed by atoms with Crippen LogP contribution in [-0.4, -0.2) is 28.1 Å². The third-order valence-corrected chi connectivity index (χ3v) is 2.71. The van der Waals surface area contributed by atoms with Gasteiger partial charge in [-0.2, -0.15) is 0 Å². The van der Waals surface area contributed by atoms with Crippen LogP contribution in [0.2, 0.25) is 0 Å². The van der Waals surface area contributed by atoms with E-state index in [2.05, 4.69) is 20.5 Å². The van der Waals surface area contributed by atoms with E-state index < -0.39 is 17.5 Å². The summed E-state index contributed by atoms with van der Waals surface area (Å²) in [7, 11) is 1.45. The Balaban J connectivity index is 2.43. The number of amides is 1. The number of anilines is 1. The first-order chi connectivity index (χ1) is 8.58. The molecule has 3 N–H and O–H groups in total. The maximum atomic E-state index is 15.0. The highest BCUT2D eigenvalue weighted by molar-refractivity contribution is 5.82. The number of carbonyl (C=O) groups excluding carboxylic acids is 1. The van der Waals surface area contributed by atoms with Gasteiger partial charge < -0.3 is 11.1 Å². The minimum absolute atomic E-state index is 0.0471. The van der Waals surface area contributed by atoms with Crippen LogP contribution in [0, 0.1) is 5.92 Å². The van der Waals surface area contributed by atoms with E-state index in [1.165, 1.54) is 31.5 Å². The molecule has 7 heteroatoms. The van der Waals surface area contributed by atoms with E-state index in [4.69, 9.17) is 5.73 Å². The van der Waals surface area contributed by atoms with E-state index in [-0.39, 0.29) is 11.6 Å². The van der Waals surface area contributed by atoms with Gasteiger partial charge in [-0.1, -0.05) is 18.2 Å². The number of hydrogen-bond donors (Lipinski definition) is 2. The van der Waals surface area contributed by atoms with Crippen LogP contribution >= 0.6 is 0 Å². The van der Waals surface area contributed by atoms with Crippen LogP contribution in [0.25, 0.3) is 0 Å². The Bertz CT molecular complexity index is 513. The molecule has 2 atom stereocenters. The second kappa shape index (κ2) is 4.52. The number of carbonyl (C=O) groups is 1. The summed E-state index contributed by atoms with van der Waals surface area (Å²) in [5, 5.41) is 9.58. The molecule has 0 saturated heterocycles. The van der Waals surface area contributed by atoms with E-state index in [9.17, 15) is 9.18 Å². The molecule has 0 radical (unpaired) electrons. The Morgan fingerprint density at radius 3 is 2.89 bits per heavy atom. The van der Waals surface area contributed by atoms with Gasteiger partial charge in [0.25, 0.3) is 0 Å². The molecule has 0 aromatic carbocycles. The van der Waals surface area contributed by atoms with Crippen molar-refractivity contribution in [2.45, 2.75) is 5.67 Å². The number of allylic oxidation sites excluding steroid dienone is 3. The number of rotatable bonds is 2. The van der Waals surface area contributed by atoms with E-state index >= 15 is 0 Å². The third kappa shape index (κ3) is 1.94. The number of hydrogen-bond acceptors (Lipinski definition) is 5. The number of aromatic nitrogens is 3. The number of halogens is 1. The molecule has 0 saturated carbocycles. The standard InChI is InChI=1S/C11H12FN5O/c1-14-9(18)7-4-2-3-5-11(7,12)8-6-15-10(13)17-16-8/h2-7H,1H3,(H,14,18)(H2,13,15,17). The number of nitrogens with one attached hydrogen (secondary N) is 1. The van der Waals surface area contributed by atoms with Gasteiger partial charge in [0.15, 0.2) is 5.67 Å². The molecule has 2 unspecified atom stereocenters. The summed E-state index contributed by atoms with van der Waals surface area (Å²) in [6.07, 6.45) is 7.03. The van der Waals surface area contributed by atoms with Gasteiger partial charge in [-0.05, 0) is 6.08 Å². The number of alkyl halides is 1. The molecule has 0 aliphatic heterocycles. The van der Waals surface area contributed by atoms with Crippen LogP contribution in [0.5, 0.6) is 0 Å². The zero-order chi connectivity index (χ0) is 13.2. The average molecular weight is 249 g/mol. The topological polar surface area (TPSA) is 93.8 Å². The van der Waals surface area contributed by atoms with Crippen LogP contribution < -0.4 is 11.1 Å². The van der Waals surface area contributed by atoms with Crippen molar-refractivity contribution in [1.29, 1.82) is 0 Å². The summed E-state index contributed by atoms with van der Waals surface area (Å²) < 4.78 is 15.0. The Labute approximate surface area is 103 Å². The SMILES string of the molecule is CNC(=O)C1C=CC=CC1(F)c1cnc(N)nn1. The van der Waals surface area contributed by atoms with Crippen molar-refractivity contribution in [2.24, 2.45) is 5.92 Å². The van der Waals surface area contributed by atoms with Crippen molar-refractivity contribution in [3.8, 4) is 0 Å². The Morgan fingerprint density at radius 1 is 1.50 bits per heavy atom. The minimum atomic E-state index is -2.07. The largest absolute Gasteiger partial charge is 0.366 e. The summed E-state index contributed by atoms with van der Waals surface area (Å²) >= 11 is 0. The lowest BCUT2D eigenvalue weighted by Crippen LogP contribution is -2.40. The molecule has 1 aliphatic rings. The second-order valence-electron chi connectivity index (χ2n) is 3.81. The molecule has 0 fully saturated rings. The number of nitrogens with zero attached hydrogens (tertiary/aromatic N) is 3. The molecule has 18 heavy (non-hydrogen) atoms. The van der Waals surface area contributed by atoms with Crippen molar-refractivity contribution >= 4 is 11.9 Å². The minimum Gasteiger partial charge on any atom is -0.366 e. The predicted molar refractivity (Wildman–Crippen MR) is 62.9 cm³/mol. The van der Waals surface area contributed by atoms with Gasteiger partial charge >= 0.3 is 0 Å². The lowest BCUT2D eigenvalue weighted by atomic mass is 9.82. The van der Waals surface area contributed by atoms with Crippen LogP contribution in [-0.2, 0) is 10.5 Å². The third-order valence-electron chi connectivity index (χ3n) is 2.71. The van der Waals surface area contributed by atoms with Crippen LogP contribution in [0.1, 0.15) is 5.69 Å². The van der Waals surface area contributed by atoms with Gasteiger partial charge in [-0.25, -0.2) is 9.37 Å². The van der Waals surface area contributed by atoms with Gasteiger partial charge in [0.2, 0.25) is 11.9 Å². The first-order valence-corrected chi connectivity index (χ1v) is 5.30. The highest BCUT2D eigenvalue weighted by Crippen LogP contribution is 2.37. The Morgan fingerprint density at radius 2 is 2.28 bits per heavy atom. The highest BCUT2D eigenvalue weighted by atomic mass is 19.1. The monoisotopic (exact) mass is 249 g/mol. The van der Waals surface area contributed by atoms with Crippen molar-refractivity contribution in [1.82, 2.24) is 20.5 Å². The van der Waals surface area contributed by atoms with E-state index in [1.54, 1.807) is 6.08 Å². The van der Waals surface area contributed by atoms with Crippen LogP contribution in [0.15, 0.2) is 30.5 Å². The van der Waals surface area contributed by atoms with Crippen molar-refractivity contribution in [2.75, 3.05) is 12.8 Å². The fraction of sp³-hybridized carbons (Fsp3) is 0.273. The first kappa shape index (κ1) is 12.2. The summed E-state index contributed by atoms with van der Waals surface area (Å²) in [6.45, 7) is 0. The van der Waals surface area contributed by atoms with E-state index in [0.717, 1.165) is 0 Å². The molecule has 94 valence electrons. The smallest absolute Gasteiger partial charge is 0.240 e. The zero-order valence-electron chi connectivity index (χ0n) is 9.67. The maximum absolute atomic E-state index is 15.0. The summed E-state index contributed by atoms with van der Waals surface area (Å²) in [5.41, 5.74) is 3.18. The van der Waals surface area contributed by atoms with Gasteiger partial charge in [-0.15, -0.1) is 10.2 Å². The number of nitrogens with two attached hydrogens (primary N) is 1. The Hall–Kier alpha value is -2.31. The fourth-order valence-electron chi connectivity index (χ4n) is 1.75. The Kier molecular flexibility index (Phi) is 3.05. The molecular weight excluding hydrogens is 237 g/mol. The molecule has 0 bridgehead atoms. The molecular formula is C11H12FN5O. The van der Waals surface area contributed by atoms with Gasteiger partial charge in [-0.3, -0.25) is 4.79 Å². The molecule has 1 amide bonds. The zero-order valence-corrected chi connectivity index (χ0v) is 9.67. The normalized spacial score (nSPS) is 26.0. The van der Waals surface area contributed by atoms with Crippen molar-refractivity contribution in [3.63, 3.8) is 0 Å². The summed E-state index contributed by atoms with van der Waals surface area (Å²) in [5.74, 6) is -1.50. The molecule has 0 spiro atoms. The lowest BCUT2D eigenvalue weighted by molar-refractivity contribution is -0.126. The average Bonchev–Trinajstić information content (AvgIpc) is 2.39. The fourth-order valence-corrected chi connectivity index (χ4v) is 1.75. The predicted octanol–water partition coefficient (Wildman–Crippen LogP) is 0.107. The number of nitrogen functional groups attached to an aromatic ring is 1. The van der Waals surface area contributed by atoms with Gasteiger partial charge in [0.1, 0.15) is 5.69 Å². The lowest BCUT2D eigenvalue weighted by Gasteiger charge is -2.28. The van der Waals surface area contributed by atoms with Crippen molar-refractivity contribution in [3.05, 3.63) is 36.2 Å².